The Morgan fingerprint density at radius 2 is 2.08 bits per heavy atom. The van der Waals surface area contributed by atoms with Crippen LogP contribution >= 0.6 is 0 Å². The molecule has 0 saturated carbocycles. The van der Waals surface area contributed by atoms with Crippen LogP contribution in [0.25, 0.3) is 0 Å². The van der Waals surface area contributed by atoms with E-state index in [1.165, 1.54) is 0 Å². The highest BCUT2D eigenvalue weighted by molar-refractivity contribution is 5.86. The van der Waals surface area contributed by atoms with E-state index in [9.17, 15) is 14.7 Å². The number of nitrogens with zero attached hydrogens (tertiary/aromatic N) is 2. The van der Waals surface area contributed by atoms with E-state index < -0.39 is 5.60 Å². The number of hydrogen-bond acceptors (Lipinski definition) is 5. The van der Waals surface area contributed by atoms with Gasteiger partial charge in [-0.15, -0.1) is 0 Å². The molecule has 0 spiro atoms. The molecule has 2 fully saturated rings. The van der Waals surface area contributed by atoms with Crippen LogP contribution in [0.1, 0.15) is 12.8 Å². The maximum atomic E-state index is 12.5. The van der Waals surface area contributed by atoms with Gasteiger partial charge in [0.1, 0.15) is 18.0 Å². The Morgan fingerprint density at radius 3 is 2.80 bits per heavy atom. The Bertz CT molecular complexity index is 609. The first-order valence-corrected chi connectivity index (χ1v) is 8.59. The van der Waals surface area contributed by atoms with Gasteiger partial charge in [-0.05, 0) is 18.6 Å². The lowest BCUT2D eigenvalue weighted by molar-refractivity contribution is -0.140. The molecule has 0 unspecified atom stereocenters. The molecule has 0 radical (unpaired) electrons. The number of benzene rings is 1. The first-order chi connectivity index (χ1) is 12.1. The van der Waals surface area contributed by atoms with Crippen molar-refractivity contribution in [2.24, 2.45) is 0 Å². The van der Waals surface area contributed by atoms with Gasteiger partial charge in [0.15, 0.2) is 0 Å². The van der Waals surface area contributed by atoms with Crippen molar-refractivity contribution >= 4 is 11.8 Å². The summed E-state index contributed by atoms with van der Waals surface area (Å²) in [6, 6.07) is 9.21. The molecule has 3 rings (SSSR count). The van der Waals surface area contributed by atoms with Crippen LogP contribution < -0.4 is 4.74 Å². The van der Waals surface area contributed by atoms with Gasteiger partial charge >= 0.3 is 0 Å². The van der Waals surface area contributed by atoms with Crippen molar-refractivity contribution in [1.82, 2.24) is 9.80 Å². The second-order valence-corrected chi connectivity index (χ2v) is 6.61. The van der Waals surface area contributed by atoms with Crippen molar-refractivity contribution in [3.8, 4) is 5.75 Å². The summed E-state index contributed by atoms with van der Waals surface area (Å²) in [4.78, 5) is 27.4. The van der Waals surface area contributed by atoms with E-state index in [2.05, 4.69) is 0 Å². The van der Waals surface area contributed by atoms with Gasteiger partial charge in [-0.3, -0.25) is 9.59 Å². The Hall–Kier alpha value is -2.12. The Balaban J connectivity index is 1.59. The lowest BCUT2D eigenvalue weighted by Crippen LogP contribution is -2.52. The first kappa shape index (κ1) is 17.7. The average Bonchev–Trinajstić information content (AvgIpc) is 2.90. The van der Waals surface area contributed by atoms with Gasteiger partial charge in [0.2, 0.25) is 11.8 Å². The number of para-hydroxylation sites is 1. The van der Waals surface area contributed by atoms with Crippen molar-refractivity contribution in [1.29, 1.82) is 0 Å². The fourth-order valence-electron chi connectivity index (χ4n) is 3.09. The van der Waals surface area contributed by atoms with Gasteiger partial charge in [0.05, 0.1) is 26.3 Å². The largest absolute Gasteiger partial charge is 0.490 e. The maximum absolute atomic E-state index is 12.5. The average molecular weight is 348 g/mol. The minimum atomic E-state index is -1.28. The molecule has 2 saturated heterocycles. The third-order valence-electron chi connectivity index (χ3n) is 4.46. The molecule has 1 atom stereocenters. The Morgan fingerprint density at radius 1 is 1.28 bits per heavy atom. The number of amides is 2. The van der Waals surface area contributed by atoms with Gasteiger partial charge in [-0.2, -0.15) is 0 Å². The van der Waals surface area contributed by atoms with Crippen LogP contribution in [0.15, 0.2) is 30.3 Å². The number of carbonyl (C=O) groups is 2. The molecule has 2 amide bonds. The minimum absolute atomic E-state index is 0.0158. The van der Waals surface area contributed by atoms with Crippen LogP contribution in [0.3, 0.4) is 0 Å². The second-order valence-electron chi connectivity index (χ2n) is 6.61. The molecule has 1 N–H and O–H groups in total. The van der Waals surface area contributed by atoms with Crippen molar-refractivity contribution < 1.29 is 24.2 Å². The molecule has 136 valence electrons. The molecule has 2 aliphatic heterocycles. The number of ether oxygens (including phenoxy) is 2. The number of likely N-dealkylation sites (tertiary alicyclic amines) is 1. The van der Waals surface area contributed by atoms with Crippen molar-refractivity contribution in [2.45, 2.75) is 18.4 Å². The zero-order chi connectivity index (χ0) is 17.7. The summed E-state index contributed by atoms with van der Waals surface area (Å²) in [6.45, 7) is 1.70. The quantitative estimate of drug-likeness (QED) is 0.827. The molecule has 25 heavy (non-hydrogen) atoms. The molecule has 1 aromatic carbocycles. The standard InChI is InChI=1S/C18H24N2O5/c21-16-7-4-8-19(16)11-17(22)20-9-10-24-13-18(23,12-20)14-25-15-5-2-1-3-6-15/h1-3,5-6,23H,4,7-14H2/t18-/m1/s1. The number of rotatable bonds is 5. The molecule has 1 aromatic rings. The lowest BCUT2D eigenvalue weighted by Gasteiger charge is -2.31. The summed E-state index contributed by atoms with van der Waals surface area (Å²) >= 11 is 0. The summed E-state index contributed by atoms with van der Waals surface area (Å²) in [5.41, 5.74) is -1.28. The van der Waals surface area contributed by atoms with Crippen LogP contribution in [0, 0.1) is 0 Å². The van der Waals surface area contributed by atoms with Gasteiger partial charge in [-0.1, -0.05) is 18.2 Å². The minimum Gasteiger partial charge on any atom is -0.490 e. The maximum Gasteiger partial charge on any atom is 0.242 e. The summed E-state index contributed by atoms with van der Waals surface area (Å²) in [7, 11) is 0. The fourth-order valence-corrected chi connectivity index (χ4v) is 3.09. The number of β-amino-alcohol motifs (C(OH)–C–C–N with tert-alkyl or cyclic N) is 1. The van der Waals surface area contributed by atoms with E-state index in [1.807, 2.05) is 30.3 Å². The fraction of sp³-hybridized carbons (Fsp3) is 0.556. The third kappa shape index (κ3) is 4.70. The van der Waals surface area contributed by atoms with E-state index in [4.69, 9.17) is 9.47 Å². The Kier molecular flexibility index (Phi) is 5.55. The van der Waals surface area contributed by atoms with Gasteiger partial charge in [0.25, 0.3) is 0 Å². The summed E-state index contributed by atoms with van der Waals surface area (Å²) in [6.07, 6.45) is 1.30. The molecule has 7 heteroatoms. The highest BCUT2D eigenvalue weighted by atomic mass is 16.5. The van der Waals surface area contributed by atoms with E-state index in [0.717, 1.165) is 6.42 Å². The molecular formula is C18H24N2O5. The van der Waals surface area contributed by atoms with Crippen LogP contribution in [-0.4, -0.2) is 78.3 Å². The van der Waals surface area contributed by atoms with Crippen LogP contribution in [-0.2, 0) is 14.3 Å². The van der Waals surface area contributed by atoms with E-state index in [1.54, 1.807) is 9.80 Å². The molecule has 2 aliphatic rings. The van der Waals surface area contributed by atoms with E-state index in [-0.39, 0.29) is 38.1 Å². The second kappa shape index (κ2) is 7.84. The Labute approximate surface area is 147 Å². The molecule has 7 nitrogen and oxygen atoms in total. The van der Waals surface area contributed by atoms with Crippen molar-refractivity contribution in [3.05, 3.63) is 30.3 Å². The van der Waals surface area contributed by atoms with Crippen molar-refractivity contribution in [2.75, 3.05) is 46.0 Å². The zero-order valence-electron chi connectivity index (χ0n) is 14.2. The van der Waals surface area contributed by atoms with Crippen molar-refractivity contribution in [3.63, 3.8) is 0 Å². The van der Waals surface area contributed by atoms with Crippen LogP contribution in [0.2, 0.25) is 0 Å². The molecule has 0 aliphatic carbocycles. The molecule has 2 heterocycles. The van der Waals surface area contributed by atoms with Crippen LogP contribution in [0.4, 0.5) is 0 Å². The molecular weight excluding hydrogens is 324 g/mol. The highest BCUT2D eigenvalue weighted by Gasteiger charge is 2.36. The zero-order valence-corrected chi connectivity index (χ0v) is 14.2. The van der Waals surface area contributed by atoms with Gasteiger partial charge in [0, 0.05) is 19.5 Å². The number of carbonyl (C=O) groups excluding carboxylic acids is 2. The molecule has 0 bridgehead atoms. The topological polar surface area (TPSA) is 79.3 Å². The first-order valence-electron chi connectivity index (χ1n) is 8.59. The highest BCUT2D eigenvalue weighted by Crippen LogP contribution is 2.17. The van der Waals surface area contributed by atoms with E-state index in [0.29, 0.717) is 31.9 Å². The SMILES string of the molecule is O=C1CCCN1CC(=O)N1CCOC[C@@](O)(COc2ccccc2)C1. The predicted molar refractivity (Wildman–Crippen MR) is 90.1 cm³/mol. The summed E-state index contributed by atoms with van der Waals surface area (Å²) < 4.78 is 11.1. The van der Waals surface area contributed by atoms with Crippen LogP contribution in [0.5, 0.6) is 5.75 Å². The third-order valence-corrected chi connectivity index (χ3v) is 4.46. The number of hydrogen-bond donors (Lipinski definition) is 1. The predicted octanol–water partition coefficient (Wildman–Crippen LogP) is 0.278. The summed E-state index contributed by atoms with van der Waals surface area (Å²) in [5, 5.41) is 10.8. The van der Waals surface area contributed by atoms with Gasteiger partial charge in [-0.25, -0.2) is 0 Å². The summed E-state index contributed by atoms with van der Waals surface area (Å²) in [5.74, 6) is 0.502. The normalized spacial score (nSPS) is 24.3. The van der Waals surface area contributed by atoms with Gasteiger partial charge < -0.3 is 24.4 Å². The number of aliphatic hydroxyl groups is 1. The van der Waals surface area contributed by atoms with E-state index >= 15 is 0 Å². The molecule has 0 aromatic heterocycles. The lowest BCUT2D eigenvalue weighted by atomic mass is 10.1. The monoisotopic (exact) mass is 348 g/mol. The smallest absolute Gasteiger partial charge is 0.242 e.